The van der Waals surface area contributed by atoms with Crippen molar-refractivity contribution in [1.82, 2.24) is 0 Å². The van der Waals surface area contributed by atoms with E-state index in [1.807, 2.05) is 36.4 Å². The van der Waals surface area contributed by atoms with Gasteiger partial charge in [-0.3, -0.25) is 4.79 Å². The molecule has 0 unspecified atom stereocenters. The van der Waals surface area contributed by atoms with E-state index < -0.39 is 5.97 Å². The smallest absolute Gasteiger partial charge is 0.416 e. The highest BCUT2D eigenvalue weighted by Crippen LogP contribution is 2.23. The van der Waals surface area contributed by atoms with Gasteiger partial charge in [0.25, 0.3) is 6.47 Å². The molecule has 0 aliphatic carbocycles. The van der Waals surface area contributed by atoms with Crippen LogP contribution in [0.3, 0.4) is 0 Å². The molecule has 0 amide bonds. The Bertz CT molecular complexity index is 469. The Hall–Kier alpha value is -2.49. The van der Waals surface area contributed by atoms with Gasteiger partial charge in [-0.05, 0) is 24.3 Å². The number of ether oxygens (including phenoxy) is 3. The molecule has 19 heavy (non-hydrogen) atoms. The Morgan fingerprint density at radius 3 is 1.63 bits per heavy atom. The van der Waals surface area contributed by atoms with Crippen molar-refractivity contribution in [1.29, 1.82) is 0 Å². The molecule has 0 aromatic heterocycles. The van der Waals surface area contributed by atoms with Gasteiger partial charge in [0, 0.05) is 0 Å². The summed E-state index contributed by atoms with van der Waals surface area (Å²) >= 11 is 0. The zero-order valence-corrected chi connectivity index (χ0v) is 10.5. The molecule has 2 aromatic rings. The Kier molecular flexibility index (Phi) is 4.03. The summed E-state index contributed by atoms with van der Waals surface area (Å²) in [6.45, 7) is 1.83. The van der Waals surface area contributed by atoms with Crippen molar-refractivity contribution >= 4 is 6.47 Å². The standard InChI is InChI=1S/C15H14O4/c1-15(17-12-16,18-13-8-4-2-5-9-13)19-14-10-6-3-7-11-14/h2-12H,1H3. The summed E-state index contributed by atoms with van der Waals surface area (Å²) in [6, 6.07) is 18.0. The second-order valence-electron chi connectivity index (χ2n) is 3.91. The van der Waals surface area contributed by atoms with E-state index >= 15 is 0 Å². The third kappa shape index (κ3) is 3.74. The maximum atomic E-state index is 10.6. The first-order valence-corrected chi connectivity index (χ1v) is 5.81. The van der Waals surface area contributed by atoms with Crippen LogP contribution in [0.4, 0.5) is 0 Å². The quantitative estimate of drug-likeness (QED) is 0.590. The van der Waals surface area contributed by atoms with Gasteiger partial charge in [0.2, 0.25) is 0 Å². The summed E-state index contributed by atoms with van der Waals surface area (Å²) in [7, 11) is 0. The maximum Gasteiger partial charge on any atom is 0.416 e. The van der Waals surface area contributed by atoms with Gasteiger partial charge in [-0.2, -0.15) is 0 Å². The van der Waals surface area contributed by atoms with Gasteiger partial charge < -0.3 is 14.2 Å². The Morgan fingerprint density at radius 1 is 0.842 bits per heavy atom. The lowest BCUT2D eigenvalue weighted by Crippen LogP contribution is -2.41. The molecule has 0 aliphatic heterocycles. The summed E-state index contributed by atoms with van der Waals surface area (Å²) < 4.78 is 16.1. The fourth-order valence-corrected chi connectivity index (χ4v) is 1.56. The number of carbonyl (C=O) groups is 1. The molecule has 0 spiro atoms. The zero-order chi connectivity index (χ0) is 13.6. The molecule has 2 rings (SSSR count). The van der Waals surface area contributed by atoms with Crippen molar-refractivity contribution in [3.8, 4) is 11.5 Å². The topological polar surface area (TPSA) is 44.8 Å². The van der Waals surface area contributed by atoms with Crippen LogP contribution >= 0.6 is 0 Å². The van der Waals surface area contributed by atoms with Gasteiger partial charge in [0.15, 0.2) is 0 Å². The van der Waals surface area contributed by atoms with Gasteiger partial charge in [0.05, 0.1) is 6.92 Å². The normalized spacial score (nSPS) is 10.6. The minimum absolute atomic E-state index is 0.298. The molecule has 0 saturated carbocycles. The second-order valence-corrected chi connectivity index (χ2v) is 3.91. The summed E-state index contributed by atoms with van der Waals surface area (Å²) in [6.07, 6.45) is 0. The molecule has 4 nitrogen and oxygen atoms in total. The van der Waals surface area contributed by atoms with E-state index in [1.54, 1.807) is 24.3 Å². The molecule has 0 atom stereocenters. The van der Waals surface area contributed by atoms with Crippen LogP contribution in [-0.2, 0) is 9.53 Å². The van der Waals surface area contributed by atoms with E-state index in [2.05, 4.69) is 0 Å². The number of hydrogen-bond acceptors (Lipinski definition) is 4. The average Bonchev–Trinajstić information content (AvgIpc) is 2.41. The van der Waals surface area contributed by atoms with Crippen LogP contribution < -0.4 is 9.47 Å². The van der Waals surface area contributed by atoms with Crippen molar-refractivity contribution in [3.63, 3.8) is 0 Å². The highest BCUT2D eigenvalue weighted by atomic mass is 16.9. The summed E-state index contributed by atoms with van der Waals surface area (Å²) in [5, 5.41) is 0. The molecule has 0 aliphatic rings. The Labute approximate surface area is 111 Å². The van der Waals surface area contributed by atoms with Crippen LogP contribution in [0.25, 0.3) is 0 Å². The van der Waals surface area contributed by atoms with E-state index in [0.717, 1.165) is 0 Å². The molecule has 0 radical (unpaired) electrons. The van der Waals surface area contributed by atoms with E-state index in [9.17, 15) is 4.79 Å². The van der Waals surface area contributed by atoms with Gasteiger partial charge in [0.1, 0.15) is 11.5 Å². The fraction of sp³-hybridized carbons (Fsp3) is 0.133. The number of hydrogen-bond donors (Lipinski definition) is 0. The Morgan fingerprint density at radius 2 is 1.26 bits per heavy atom. The molecule has 0 fully saturated rings. The van der Waals surface area contributed by atoms with Crippen LogP contribution in [0.15, 0.2) is 60.7 Å². The van der Waals surface area contributed by atoms with Crippen LogP contribution in [0, 0.1) is 0 Å². The van der Waals surface area contributed by atoms with Gasteiger partial charge >= 0.3 is 5.97 Å². The summed E-state index contributed by atoms with van der Waals surface area (Å²) in [5.41, 5.74) is 0. The third-order valence-corrected chi connectivity index (χ3v) is 2.36. The highest BCUT2D eigenvalue weighted by Gasteiger charge is 2.31. The van der Waals surface area contributed by atoms with Crippen LogP contribution in [-0.4, -0.2) is 12.4 Å². The van der Waals surface area contributed by atoms with Crippen LogP contribution in [0.1, 0.15) is 6.92 Å². The Balaban J connectivity index is 2.15. The molecule has 0 N–H and O–H groups in total. The molecule has 4 heteroatoms. The van der Waals surface area contributed by atoms with Crippen molar-refractivity contribution in [3.05, 3.63) is 60.7 Å². The average molecular weight is 258 g/mol. The molecule has 0 heterocycles. The maximum absolute atomic E-state index is 10.6. The van der Waals surface area contributed by atoms with E-state index in [0.29, 0.717) is 18.0 Å². The van der Waals surface area contributed by atoms with Crippen LogP contribution in [0.2, 0.25) is 0 Å². The summed E-state index contributed by atoms with van der Waals surface area (Å²) in [4.78, 5) is 10.6. The minimum atomic E-state index is -1.51. The van der Waals surface area contributed by atoms with E-state index in [4.69, 9.17) is 14.2 Å². The molecule has 98 valence electrons. The second kappa shape index (κ2) is 5.91. The summed E-state index contributed by atoms with van der Waals surface area (Å²) in [5.74, 6) is -0.421. The fourth-order valence-electron chi connectivity index (χ4n) is 1.56. The molecular weight excluding hydrogens is 244 g/mol. The van der Waals surface area contributed by atoms with Gasteiger partial charge in [-0.25, -0.2) is 0 Å². The number of para-hydroxylation sites is 2. The van der Waals surface area contributed by atoms with Crippen LogP contribution in [0.5, 0.6) is 11.5 Å². The first-order valence-electron chi connectivity index (χ1n) is 5.81. The van der Waals surface area contributed by atoms with E-state index in [-0.39, 0.29) is 0 Å². The number of rotatable bonds is 6. The van der Waals surface area contributed by atoms with Gasteiger partial charge in [-0.15, -0.1) is 0 Å². The zero-order valence-electron chi connectivity index (χ0n) is 10.5. The molecule has 0 saturated heterocycles. The SMILES string of the molecule is CC(OC=O)(Oc1ccccc1)Oc1ccccc1. The highest BCUT2D eigenvalue weighted by molar-refractivity contribution is 5.38. The van der Waals surface area contributed by atoms with Crippen molar-refractivity contribution in [2.45, 2.75) is 12.9 Å². The third-order valence-electron chi connectivity index (χ3n) is 2.36. The van der Waals surface area contributed by atoms with Crippen molar-refractivity contribution < 1.29 is 19.0 Å². The molecular formula is C15H14O4. The van der Waals surface area contributed by atoms with Gasteiger partial charge in [-0.1, -0.05) is 36.4 Å². The van der Waals surface area contributed by atoms with Crippen molar-refractivity contribution in [2.75, 3.05) is 0 Å². The lowest BCUT2D eigenvalue weighted by Gasteiger charge is -2.28. The monoisotopic (exact) mass is 258 g/mol. The van der Waals surface area contributed by atoms with Crippen molar-refractivity contribution in [2.24, 2.45) is 0 Å². The lowest BCUT2D eigenvalue weighted by molar-refractivity contribution is -0.265. The predicted molar refractivity (Wildman–Crippen MR) is 69.7 cm³/mol. The lowest BCUT2D eigenvalue weighted by atomic mass is 10.3. The molecule has 2 aromatic carbocycles. The first kappa shape index (κ1) is 13.0. The first-order chi connectivity index (χ1) is 9.22. The minimum Gasteiger partial charge on any atom is -0.421 e. The predicted octanol–water partition coefficient (Wildman–Crippen LogP) is 2.99. The number of benzene rings is 2. The largest absolute Gasteiger partial charge is 0.421 e. The molecule has 0 bridgehead atoms. The van der Waals surface area contributed by atoms with E-state index in [1.165, 1.54) is 6.92 Å². The number of carbonyl (C=O) groups excluding carboxylic acids is 1.